The first-order chi connectivity index (χ1) is 9.56. The Balaban J connectivity index is 2.37. The van der Waals surface area contributed by atoms with Gasteiger partial charge in [0.25, 0.3) is 0 Å². The highest BCUT2D eigenvalue weighted by atomic mass is 16.5. The van der Waals surface area contributed by atoms with Gasteiger partial charge in [0, 0.05) is 0 Å². The van der Waals surface area contributed by atoms with Gasteiger partial charge in [0.2, 0.25) is 0 Å². The zero-order valence-electron chi connectivity index (χ0n) is 11.5. The van der Waals surface area contributed by atoms with E-state index in [1.807, 2.05) is 42.5 Å². The molecule has 0 bridgehead atoms. The number of hydrogen-bond acceptors (Lipinski definition) is 2. The molecule has 1 atom stereocenters. The Kier molecular flexibility index (Phi) is 4.38. The highest BCUT2D eigenvalue weighted by Crippen LogP contribution is 2.35. The molecule has 0 amide bonds. The fraction of sp³-hybridized carbons (Fsp3) is 0.222. The van der Waals surface area contributed by atoms with Crippen molar-refractivity contribution in [2.45, 2.75) is 24.5 Å². The van der Waals surface area contributed by atoms with Gasteiger partial charge in [0.15, 0.2) is 5.79 Å². The third kappa shape index (κ3) is 3.16. The highest BCUT2D eigenvalue weighted by molar-refractivity contribution is 5.40. The molecule has 0 saturated heterocycles. The fourth-order valence-electron chi connectivity index (χ4n) is 2.45. The van der Waals surface area contributed by atoms with Gasteiger partial charge in [-0.1, -0.05) is 48.6 Å². The molecule has 2 N–H and O–H groups in total. The molecule has 2 rings (SSSR count). The first kappa shape index (κ1) is 14.5. The number of hydrogen-bond donors (Lipinski definition) is 2. The summed E-state index contributed by atoms with van der Waals surface area (Å²) in [5.74, 6) is -2.32. The summed E-state index contributed by atoms with van der Waals surface area (Å²) in [5, 5.41) is 20.3. The average molecular weight is 268 g/mol. The van der Waals surface area contributed by atoms with E-state index >= 15 is 0 Å². The first-order valence-corrected chi connectivity index (χ1v) is 6.72. The molecule has 1 aromatic rings. The number of rotatable bonds is 5. The van der Waals surface area contributed by atoms with Crippen molar-refractivity contribution < 1.29 is 10.2 Å². The minimum atomic E-state index is -1.85. The summed E-state index contributed by atoms with van der Waals surface area (Å²) in [6.45, 7) is 7.45. The minimum Gasteiger partial charge on any atom is -0.362 e. The van der Waals surface area contributed by atoms with Crippen LogP contribution >= 0.6 is 0 Å². The molecule has 104 valence electrons. The van der Waals surface area contributed by atoms with E-state index in [0.29, 0.717) is 0 Å². The molecular formula is C18H20O2. The van der Waals surface area contributed by atoms with Crippen LogP contribution in [0.3, 0.4) is 0 Å². The molecule has 1 aliphatic rings. The Hall–Kier alpha value is -1.90. The summed E-state index contributed by atoms with van der Waals surface area (Å²) >= 11 is 0. The summed E-state index contributed by atoms with van der Waals surface area (Å²) in [4.78, 5) is 0. The topological polar surface area (TPSA) is 40.5 Å². The van der Waals surface area contributed by atoms with Gasteiger partial charge in [-0.25, -0.2) is 0 Å². The van der Waals surface area contributed by atoms with Crippen molar-refractivity contribution >= 4 is 0 Å². The van der Waals surface area contributed by atoms with E-state index in [1.54, 1.807) is 6.08 Å². The second-order valence-electron chi connectivity index (χ2n) is 5.07. The molecule has 2 heteroatoms. The molecule has 0 fully saturated rings. The van der Waals surface area contributed by atoms with Crippen molar-refractivity contribution in [2.24, 2.45) is 0 Å². The minimum absolute atomic E-state index is 0.466. The largest absolute Gasteiger partial charge is 0.362 e. The summed E-state index contributed by atoms with van der Waals surface area (Å²) in [6.07, 6.45) is 10.2. The summed E-state index contributed by atoms with van der Waals surface area (Å²) in [7, 11) is 0. The molecule has 2 nitrogen and oxygen atoms in total. The van der Waals surface area contributed by atoms with E-state index in [1.165, 1.54) is 6.08 Å². The molecule has 1 aliphatic carbocycles. The zero-order chi connectivity index (χ0) is 14.6. The van der Waals surface area contributed by atoms with Crippen LogP contribution in [-0.4, -0.2) is 16.0 Å². The monoisotopic (exact) mass is 268 g/mol. The van der Waals surface area contributed by atoms with Gasteiger partial charge in [-0.2, -0.15) is 0 Å². The Morgan fingerprint density at radius 1 is 1.15 bits per heavy atom. The molecule has 0 heterocycles. The Labute approximate surface area is 120 Å². The van der Waals surface area contributed by atoms with Crippen molar-refractivity contribution in [2.75, 3.05) is 0 Å². The van der Waals surface area contributed by atoms with Crippen molar-refractivity contribution in [3.63, 3.8) is 0 Å². The Morgan fingerprint density at radius 3 is 2.60 bits per heavy atom. The van der Waals surface area contributed by atoms with Crippen LogP contribution in [0.2, 0.25) is 0 Å². The summed E-state index contributed by atoms with van der Waals surface area (Å²) in [5.41, 5.74) is 3.04. The number of benzene rings is 1. The second kappa shape index (κ2) is 6.04. The lowest BCUT2D eigenvalue weighted by atomic mass is 9.83. The summed E-state index contributed by atoms with van der Waals surface area (Å²) < 4.78 is 0. The predicted octanol–water partition coefficient (Wildman–Crippen LogP) is 3.25. The molecule has 0 saturated carbocycles. The standard InChI is InChI=1S/C18H20O2/c1-3-6-14-8-5-9-16(12-14)17-13-15(7-4-2)10-11-18(17,19)20/h3-5,8-13,17,19-20H,1-2,6-7H2. The highest BCUT2D eigenvalue weighted by Gasteiger charge is 2.34. The number of allylic oxidation sites excluding steroid dienone is 4. The van der Waals surface area contributed by atoms with Crippen LogP contribution in [0.15, 0.2) is 73.4 Å². The Morgan fingerprint density at radius 2 is 1.90 bits per heavy atom. The molecule has 0 aromatic heterocycles. The molecule has 0 aliphatic heterocycles. The summed E-state index contributed by atoms with van der Waals surface area (Å²) in [6, 6.07) is 7.85. The lowest BCUT2D eigenvalue weighted by Crippen LogP contribution is -2.34. The van der Waals surface area contributed by atoms with Crippen LogP contribution in [0.4, 0.5) is 0 Å². The van der Waals surface area contributed by atoms with Crippen molar-refractivity contribution in [1.82, 2.24) is 0 Å². The maximum absolute atomic E-state index is 10.2. The van der Waals surface area contributed by atoms with Crippen LogP contribution in [0.1, 0.15) is 23.5 Å². The van der Waals surface area contributed by atoms with Crippen LogP contribution in [-0.2, 0) is 6.42 Å². The van der Waals surface area contributed by atoms with E-state index in [0.717, 1.165) is 29.5 Å². The third-order valence-electron chi connectivity index (χ3n) is 3.45. The Bertz CT molecular complexity index is 565. The van der Waals surface area contributed by atoms with Gasteiger partial charge in [-0.3, -0.25) is 0 Å². The maximum atomic E-state index is 10.2. The van der Waals surface area contributed by atoms with E-state index < -0.39 is 11.7 Å². The van der Waals surface area contributed by atoms with Gasteiger partial charge in [-0.05, 0) is 35.6 Å². The fourth-order valence-corrected chi connectivity index (χ4v) is 2.45. The third-order valence-corrected chi connectivity index (χ3v) is 3.45. The molecule has 1 unspecified atom stereocenters. The van der Waals surface area contributed by atoms with E-state index in [2.05, 4.69) is 13.2 Å². The van der Waals surface area contributed by atoms with Gasteiger partial charge >= 0.3 is 0 Å². The maximum Gasteiger partial charge on any atom is 0.193 e. The first-order valence-electron chi connectivity index (χ1n) is 6.72. The molecule has 20 heavy (non-hydrogen) atoms. The van der Waals surface area contributed by atoms with Gasteiger partial charge in [0.1, 0.15) is 0 Å². The second-order valence-corrected chi connectivity index (χ2v) is 5.07. The van der Waals surface area contributed by atoms with E-state index in [-0.39, 0.29) is 0 Å². The lowest BCUT2D eigenvalue weighted by molar-refractivity contribution is -0.128. The van der Waals surface area contributed by atoms with Crippen LogP contribution in [0, 0.1) is 0 Å². The van der Waals surface area contributed by atoms with E-state index in [9.17, 15) is 10.2 Å². The lowest BCUT2D eigenvalue weighted by Gasteiger charge is -2.30. The molecule has 0 radical (unpaired) electrons. The van der Waals surface area contributed by atoms with Gasteiger partial charge in [0.05, 0.1) is 5.92 Å². The van der Waals surface area contributed by atoms with E-state index in [4.69, 9.17) is 0 Å². The van der Waals surface area contributed by atoms with Gasteiger partial charge in [-0.15, -0.1) is 13.2 Å². The van der Waals surface area contributed by atoms with Crippen molar-refractivity contribution in [3.8, 4) is 0 Å². The quantitative estimate of drug-likeness (QED) is 0.635. The predicted molar refractivity (Wildman–Crippen MR) is 82.3 cm³/mol. The van der Waals surface area contributed by atoms with Crippen molar-refractivity contribution in [3.05, 3.63) is 84.5 Å². The SMILES string of the molecule is C=CCC1=CC(c2cccc(CC=C)c2)C(O)(O)C=C1. The number of aliphatic hydroxyl groups is 2. The molecule has 1 aromatic carbocycles. The molecule has 0 spiro atoms. The van der Waals surface area contributed by atoms with Gasteiger partial charge < -0.3 is 10.2 Å². The normalized spacial score (nSPS) is 20.3. The average Bonchev–Trinajstić information content (AvgIpc) is 2.42. The smallest absolute Gasteiger partial charge is 0.193 e. The van der Waals surface area contributed by atoms with Crippen LogP contribution < -0.4 is 0 Å². The van der Waals surface area contributed by atoms with Crippen molar-refractivity contribution in [1.29, 1.82) is 0 Å². The van der Waals surface area contributed by atoms with Crippen LogP contribution in [0.25, 0.3) is 0 Å². The molecular weight excluding hydrogens is 248 g/mol. The van der Waals surface area contributed by atoms with Crippen LogP contribution in [0.5, 0.6) is 0 Å². The zero-order valence-corrected chi connectivity index (χ0v) is 11.5.